The molecule has 0 amide bonds. The van der Waals surface area contributed by atoms with Gasteiger partial charge in [0.05, 0.1) is 11.1 Å². The summed E-state index contributed by atoms with van der Waals surface area (Å²) in [5, 5.41) is 13.7. The number of nitrogens with zero attached hydrogens (tertiary/aromatic N) is 4. The third kappa shape index (κ3) is 4.52. The van der Waals surface area contributed by atoms with E-state index in [4.69, 9.17) is 24.3 Å². The summed E-state index contributed by atoms with van der Waals surface area (Å²) in [7, 11) is -3.98. The molecule has 5 heterocycles. The minimum Gasteiger partial charge on any atom is -0.505 e. The number of pyridine rings is 1. The van der Waals surface area contributed by atoms with Crippen LogP contribution in [-0.2, 0) is 36.5 Å². The number of carbonyl (C=O) groups excluding carboxylic acids is 1. The lowest BCUT2D eigenvalue weighted by molar-refractivity contribution is -0.142. The van der Waals surface area contributed by atoms with E-state index in [9.17, 15) is 14.5 Å². The zero-order valence-electron chi connectivity index (χ0n) is 19.5. The molecular weight excluding hydrogens is 578 g/mol. The van der Waals surface area contributed by atoms with E-state index in [0.717, 1.165) is 0 Å². The van der Waals surface area contributed by atoms with E-state index >= 15 is 4.39 Å². The van der Waals surface area contributed by atoms with Gasteiger partial charge in [0, 0.05) is 37.0 Å². The second kappa shape index (κ2) is 9.24. The van der Waals surface area contributed by atoms with Crippen molar-refractivity contribution in [1.82, 2.24) is 24.6 Å². The molecule has 2 aliphatic rings. The molecule has 0 aliphatic carbocycles. The fourth-order valence-corrected chi connectivity index (χ4v) is 5.78. The highest BCUT2D eigenvalue weighted by molar-refractivity contribution is 9.10. The number of carbonyl (C=O) groups is 1. The van der Waals surface area contributed by atoms with Crippen molar-refractivity contribution in [3.8, 4) is 5.75 Å². The second-order valence-electron chi connectivity index (χ2n) is 8.24. The van der Waals surface area contributed by atoms with Gasteiger partial charge in [0.2, 0.25) is 6.23 Å². The number of nitrogens with one attached hydrogen (secondary N) is 1. The molecule has 2 unspecified atom stereocenters. The fourth-order valence-electron chi connectivity index (χ4n) is 3.92. The smallest absolute Gasteiger partial charge is 0.459 e. The standard InChI is InChI=1S/C21H21BrFN6O7P/c1-10-16-14(12(5-25-10)7-33-11(2)30)6-28-37(32,36-16)34-8-15-17(31)21(22,23)20(35-15)29-4-3-13-18(24)26-9-27-19(13)29/h3-5,9,20,31H,6-8H2,1-2H3,(H,28,32)(H2,24,26,27)/t20-,21?,37?/m1/s1. The van der Waals surface area contributed by atoms with Gasteiger partial charge in [0.15, 0.2) is 17.3 Å². The number of aryl methyl sites for hydroxylation is 1. The molecule has 3 aromatic rings. The lowest BCUT2D eigenvalue weighted by Gasteiger charge is -2.28. The van der Waals surface area contributed by atoms with Crippen molar-refractivity contribution in [2.75, 3.05) is 12.3 Å². The van der Waals surface area contributed by atoms with Gasteiger partial charge in [-0.1, -0.05) is 0 Å². The first kappa shape index (κ1) is 25.4. The van der Waals surface area contributed by atoms with Crippen molar-refractivity contribution in [2.24, 2.45) is 0 Å². The SMILES string of the molecule is CC(=O)OCc1cnc(C)c2c1CNP(=O)(OCC1=C(O)C(F)(Br)[C@H](n3ccc4c(N)ncnc43)O1)O2. The fraction of sp³-hybridized carbons (Fsp3) is 0.333. The Hall–Kier alpha value is -3.26. The van der Waals surface area contributed by atoms with Crippen molar-refractivity contribution in [3.63, 3.8) is 0 Å². The van der Waals surface area contributed by atoms with Crippen LogP contribution in [0.4, 0.5) is 10.2 Å². The van der Waals surface area contributed by atoms with Crippen molar-refractivity contribution < 1.29 is 37.4 Å². The molecule has 0 saturated carbocycles. The van der Waals surface area contributed by atoms with Gasteiger partial charge in [0.25, 0.3) is 4.58 Å². The topological polar surface area (TPSA) is 173 Å². The van der Waals surface area contributed by atoms with Crippen LogP contribution in [0.15, 0.2) is 36.3 Å². The molecule has 0 bridgehead atoms. The van der Waals surface area contributed by atoms with Crippen LogP contribution in [0.1, 0.15) is 30.0 Å². The molecule has 13 nitrogen and oxygen atoms in total. The molecule has 0 fully saturated rings. The highest BCUT2D eigenvalue weighted by Gasteiger charge is 2.53. The molecule has 2 aliphatic heterocycles. The Labute approximate surface area is 217 Å². The number of aromatic nitrogens is 4. The Morgan fingerprint density at radius 2 is 2.22 bits per heavy atom. The van der Waals surface area contributed by atoms with Gasteiger partial charge in [-0.15, -0.1) is 0 Å². The summed E-state index contributed by atoms with van der Waals surface area (Å²) in [5.41, 5.74) is 7.75. The predicted octanol–water partition coefficient (Wildman–Crippen LogP) is 3.45. The number of alkyl halides is 2. The molecule has 16 heteroatoms. The van der Waals surface area contributed by atoms with E-state index in [0.29, 0.717) is 22.2 Å². The number of fused-ring (bicyclic) bond motifs is 2. The van der Waals surface area contributed by atoms with Crippen LogP contribution in [-0.4, -0.2) is 41.8 Å². The van der Waals surface area contributed by atoms with E-state index in [1.165, 1.54) is 30.2 Å². The molecule has 0 spiro atoms. The Morgan fingerprint density at radius 3 is 2.97 bits per heavy atom. The van der Waals surface area contributed by atoms with Gasteiger partial charge >= 0.3 is 13.7 Å². The average Bonchev–Trinajstić information content (AvgIpc) is 3.37. The molecule has 37 heavy (non-hydrogen) atoms. The number of ether oxygens (including phenoxy) is 2. The summed E-state index contributed by atoms with van der Waals surface area (Å²) in [5.74, 6) is -1.16. The van der Waals surface area contributed by atoms with Gasteiger partial charge < -0.3 is 24.8 Å². The second-order valence-corrected chi connectivity index (χ2v) is 11.1. The summed E-state index contributed by atoms with van der Waals surface area (Å²) >= 11 is 2.87. The average molecular weight is 599 g/mol. The largest absolute Gasteiger partial charge is 0.505 e. The van der Waals surface area contributed by atoms with Crippen LogP contribution in [0.2, 0.25) is 0 Å². The number of nitrogen functional groups attached to an aromatic ring is 1. The first-order valence-corrected chi connectivity index (χ1v) is 13.2. The molecule has 0 radical (unpaired) electrons. The van der Waals surface area contributed by atoms with Crippen LogP contribution < -0.4 is 15.3 Å². The summed E-state index contributed by atoms with van der Waals surface area (Å²) in [6, 6.07) is 1.59. The maximum absolute atomic E-state index is 15.6. The van der Waals surface area contributed by atoms with Crippen LogP contribution in [0.3, 0.4) is 0 Å². The summed E-state index contributed by atoms with van der Waals surface area (Å²) in [4.78, 5) is 23.4. The van der Waals surface area contributed by atoms with Gasteiger partial charge in [0.1, 0.15) is 31.0 Å². The summed E-state index contributed by atoms with van der Waals surface area (Å²) in [6.07, 6.45) is 2.82. The predicted molar refractivity (Wildman–Crippen MR) is 130 cm³/mol. The number of aliphatic hydroxyl groups excluding tert-OH is 1. The van der Waals surface area contributed by atoms with Crippen molar-refractivity contribution in [1.29, 1.82) is 0 Å². The zero-order valence-corrected chi connectivity index (χ0v) is 22.0. The Bertz CT molecular complexity index is 1500. The normalized spacial score (nSPS) is 25.0. The monoisotopic (exact) mass is 598 g/mol. The van der Waals surface area contributed by atoms with Crippen molar-refractivity contribution in [3.05, 3.63) is 53.1 Å². The number of hydrogen-bond acceptors (Lipinski definition) is 11. The Kier molecular flexibility index (Phi) is 6.34. The number of rotatable bonds is 6. The highest BCUT2D eigenvalue weighted by Crippen LogP contribution is 2.53. The molecule has 0 aromatic carbocycles. The number of nitrogens with two attached hydrogens (primary N) is 1. The van der Waals surface area contributed by atoms with Gasteiger partial charge in [-0.2, -0.15) is 0 Å². The molecule has 0 saturated heterocycles. The first-order chi connectivity index (χ1) is 17.5. The van der Waals surface area contributed by atoms with Gasteiger partial charge in [-0.05, 0) is 28.9 Å². The number of anilines is 1. The lowest BCUT2D eigenvalue weighted by Crippen LogP contribution is -2.27. The van der Waals surface area contributed by atoms with Crippen LogP contribution in [0.5, 0.6) is 5.75 Å². The van der Waals surface area contributed by atoms with Gasteiger partial charge in [-0.25, -0.2) is 24.0 Å². The number of hydrogen-bond donors (Lipinski definition) is 3. The maximum Gasteiger partial charge on any atom is 0.459 e. The quantitative estimate of drug-likeness (QED) is 0.214. The summed E-state index contributed by atoms with van der Waals surface area (Å²) in [6.45, 7) is 2.37. The molecule has 3 aromatic heterocycles. The van der Waals surface area contributed by atoms with E-state index in [2.05, 4.69) is 36.0 Å². The van der Waals surface area contributed by atoms with Crippen LogP contribution >= 0.6 is 23.7 Å². The van der Waals surface area contributed by atoms with E-state index in [1.54, 1.807) is 13.0 Å². The molecule has 3 atom stereocenters. The number of esters is 1. The van der Waals surface area contributed by atoms with Gasteiger partial charge in [-0.3, -0.25) is 18.9 Å². The molecular formula is C21H21BrFN6O7P. The van der Waals surface area contributed by atoms with Crippen molar-refractivity contribution >= 4 is 46.5 Å². The minimum absolute atomic E-state index is 0.0361. The minimum atomic E-state index is -3.98. The van der Waals surface area contributed by atoms with Crippen LogP contribution in [0, 0.1) is 6.92 Å². The number of halogens is 2. The Morgan fingerprint density at radius 1 is 1.43 bits per heavy atom. The lowest BCUT2D eigenvalue weighted by atomic mass is 10.1. The third-order valence-electron chi connectivity index (χ3n) is 5.80. The Balaban J connectivity index is 1.34. The molecule has 4 N–H and O–H groups in total. The molecule has 5 rings (SSSR count). The zero-order chi connectivity index (χ0) is 26.5. The first-order valence-electron chi connectivity index (χ1n) is 10.8. The van der Waals surface area contributed by atoms with E-state index < -0.39 is 36.9 Å². The van der Waals surface area contributed by atoms with Crippen molar-refractivity contribution in [2.45, 2.75) is 37.8 Å². The van der Waals surface area contributed by atoms with E-state index in [1.807, 2.05) is 0 Å². The van der Waals surface area contributed by atoms with Crippen LogP contribution in [0.25, 0.3) is 11.0 Å². The summed E-state index contributed by atoms with van der Waals surface area (Å²) < 4.78 is 49.4. The molecule has 196 valence electrons. The number of aliphatic hydroxyl groups is 1. The maximum atomic E-state index is 15.6. The third-order valence-corrected chi connectivity index (χ3v) is 8.00. The highest BCUT2D eigenvalue weighted by atomic mass is 79.9. The van der Waals surface area contributed by atoms with E-state index in [-0.39, 0.29) is 36.1 Å².